The van der Waals surface area contributed by atoms with Crippen LogP contribution >= 0.6 is 0 Å². The maximum absolute atomic E-state index is 14.1. The monoisotopic (exact) mass is 352 g/mol. The molecule has 0 aliphatic rings. The Balaban J connectivity index is 2.25. The fraction of sp³-hybridized carbons (Fsp3) is 0.0667. The second-order valence-corrected chi connectivity index (χ2v) is 6.93. The SMILES string of the molecule is CS(=O)(=O)c1c(F)cc(-c2coc(=O)n2-c2cccnc2)cc1F. The van der Waals surface area contributed by atoms with Crippen LogP contribution in [-0.4, -0.2) is 24.2 Å². The lowest BCUT2D eigenvalue weighted by atomic mass is 10.1. The van der Waals surface area contributed by atoms with Gasteiger partial charge in [0.05, 0.1) is 17.6 Å². The summed E-state index contributed by atoms with van der Waals surface area (Å²) in [6.07, 6.45) is 4.60. The summed E-state index contributed by atoms with van der Waals surface area (Å²) < 4.78 is 56.9. The molecule has 3 rings (SSSR count). The van der Waals surface area contributed by atoms with Crippen molar-refractivity contribution in [2.24, 2.45) is 0 Å². The number of hydrogen-bond donors (Lipinski definition) is 0. The zero-order valence-corrected chi connectivity index (χ0v) is 13.0. The van der Waals surface area contributed by atoms with Gasteiger partial charge in [0.1, 0.15) is 22.8 Å². The number of pyridine rings is 1. The van der Waals surface area contributed by atoms with Gasteiger partial charge in [-0.05, 0) is 24.3 Å². The van der Waals surface area contributed by atoms with Crippen molar-refractivity contribution in [3.05, 3.63) is 65.1 Å². The number of hydrogen-bond acceptors (Lipinski definition) is 5. The van der Waals surface area contributed by atoms with Crippen LogP contribution in [0.3, 0.4) is 0 Å². The van der Waals surface area contributed by atoms with E-state index < -0.39 is 32.1 Å². The smallest absolute Gasteiger partial charge is 0.415 e. The van der Waals surface area contributed by atoms with Gasteiger partial charge in [0.25, 0.3) is 0 Å². The molecule has 0 saturated carbocycles. The summed E-state index contributed by atoms with van der Waals surface area (Å²) in [6.45, 7) is 0. The molecule has 0 atom stereocenters. The Morgan fingerprint density at radius 2 is 1.88 bits per heavy atom. The average molecular weight is 352 g/mol. The third-order valence-corrected chi connectivity index (χ3v) is 4.40. The third kappa shape index (κ3) is 2.73. The molecular formula is C15H10F2N2O4S. The second kappa shape index (κ2) is 5.68. The van der Waals surface area contributed by atoms with E-state index in [1.807, 2.05) is 0 Å². The molecule has 2 aromatic heterocycles. The zero-order chi connectivity index (χ0) is 17.5. The first-order valence-electron chi connectivity index (χ1n) is 6.59. The summed E-state index contributed by atoms with van der Waals surface area (Å²) in [5.41, 5.74) is 0.345. The zero-order valence-electron chi connectivity index (χ0n) is 12.2. The first-order valence-corrected chi connectivity index (χ1v) is 8.48. The Morgan fingerprint density at radius 3 is 2.42 bits per heavy atom. The fourth-order valence-corrected chi connectivity index (χ4v) is 3.13. The molecule has 0 N–H and O–H groups in total. The molecule has 0 aliphatic heterocycles. The van der Waals surface area contributed by atoms with Gasteiger partial charge in [-0.2, -0.15) is 0 Å². The Hall–Kier alpha value is -2.81. The van der Waals surface area contributed by atoms with Crippen LogP contribution in [0.25, 0.3) is 16.9 Å². The number of aromatic nitrogens is 2. The molecule has 0 amide bonds. The Kier molecular flexibility index (Phi) is 3.80. The van der Waals surface area contributed by atoms with E-state index in [1.54, 1.807) is 12.1 Å². The summed E-state index contributed by atoms with van der Waals surface area (Å²) in [6, 6.07) is 4.80. The minimum absolute atomic E-state index is 0.0490. The van der Waals surface area contributed by atoms with E-state index in [-0.39, 0.29) is 11.3 Å². The van der Waals surface area contributed by atoms with Crippen LogP contribution in [0.1, 0.15) is 0 Å². The van der Waals surface area contributed by atoms with E-state index >= 15 is 0 Å². The molecule has 1 aromatic carbocycles. The molecule has 0 radical (unpaired) electrons. The van der Waals surface area contributed by atoms with Crippen molar-refractivity contribution in [3.63, 3.8) is 0 Å². The molecular weight excluding hydrogens is 342 g/mol. The number of halogens is 2. The minimum atomic E-state index is -4.07. The van der Waals surface area contributed by atoms with Crippen molar-refractivity contribution in [2.75, 3.05) is 6.26 Å². The van der Waals surface area contributed by atoms with Crippen LogP contribution < -0.4 is 5.76 Å². The van der Waals surface area contributed by atoms with Crippen molar-refractivity contribution in [1.82, 2.24) is 9.55 Å². The van der Waals surface area contributed by atoms with Gasteiger partial charge in [-0.25, -0.2) is 26.6 Å². The van der Waals surface area contributed by atoms with Crippen molar-refractivity contribution in [2.45, 2.75) is 4.90 Å². The molecule has 0 fully saturated rings. The minimum Gasteiger partial charge on any atom is -0.415 e. The third-order valence-electron chi connectivity index (χ3n) is 3.26. The molecule has 0 unspecified atom stereocenters. The Labute approximate surface area is 134 Å². The van der Waals surface area contributed by atoms with Crippen molar-refractivity contribution in [3.8, 4) is 16.9 Å². The highest BCUT2D eigenvalue weighted by molar-refractivity contribution is 7.90. The Bertz CT molecular complexity index is 1050. The normalized spacial score (nSPS) is 11.6. The highest BCUT2D eigenvalue weighted by atomic mass is 32.2. The molecule has 0 aliphatic carbocycles. The number of oxazole rings is 1. The van der Waals surface area contributed by atoms with Crippen molar-refractivity contribution >= 4 is 9.84 Å². The number of benzene rings is 1. The predicted molar refractivity (Wildman–Crippen MR) is 80.6 cm³/mol. The summed E-state index contributed by atoms with van der Waals surface area (Å²) in [4.78, 5) is 14.7. The van der Waals surface area contributed by atoms with Crippen molar-refractivity contribution < 1.29 is 21.6 Å². The molecule has 9 heteroatoms. The summed E-state index contributed by atoms with van der Waals surface area (Å²) in [7, 11) is -4.07. The van der Waals surface area contributed by atoms with Crippen LogP contribution in [0.4, 0.5) is 8.78 Å². The highest BCUT2D eigenvalue weighted by Gasteiger charge is 2.23. The lowest BCUT2D eigenvalue weighted by Gasteiger charge is -2.08. The molecule has 0 bridgehead atoms. The molecule has 24 heavy (non-hydrogen) atoms. The molecule has 3 aromatic rings. The quantitative estimate of drug-likeness (QED) is 0.721. The van der Waals surface area contributed by atoms with Gasteiger partial charge in [-0.15, -0.1) is 0 Å². The fourth-order valence-electron chi connectivity index (χ4n) is 2.30. The number of rotatable bonds is 3. The largest absolute Gasteiger partial charge is 0.424 e. The molecule has 0 saturated heterocycles. The molecule has 6 nitrogen and oxygen atoms in total. The van der Waals surface area contributed by atoms with Crippen molar-refractivity contribution in [1.29, 1.82) is 0 Å². The van der Waals surface area contributed by atoms with Gasteiger partial charge in [0.2, 0.25) is 0 Å². The number of nitrogens with zero attached hydrogens (tertiary/aromatic N) is 2. The van der Waals surface area contributed by atoms with Gasteiger partial charge >= 0.3 is 5.76 Å². The lowest BCUT2D eigenvalue weighted by molar-refractivity contribution is 0.504. The lowest BCUT2D eigenvalue weighted by Crippen LogP contribution is -2.13. The topological polar surface area (TPSA) is 82.2 Å². The summed E-state index contributed by atoms with van der Waals surface area (Å²) in [5, 5.41) is 0. The van der Waals surface area contributed by atoms with E-state index in [4.69, 9.17) is 4.42 Å². The Morgan fingerprint density at radius 1 is 1.21 bits per heavy atom. The molecule has 0 spiro atoms. The van der Waals surface area contributed by atoms with Crippen LogP contribution in [0.15, 0.2) is 57.0 Å². The first kappa shape index (κ1) is 16.1. The van der Waals surface area contributed by atoms with E-state index in [0.29, 0.717) is 11.9 Å². The van der Waals surface area contributed by atoms with Crippen LogP contribution in [-0.2, 0) is 9.84 Å². The van der Waals surface area contributed by atoms with Crippen LogP contribution in [0.2, 0.25) is 0 Å². The maximum atomic E-state index is 14.1. The first-order chi connectivity index (χ1) is 11.3. The molecule has 2 heterocycles. The van der Waals surface area contributed by atoms with Crippen LogP contribution in [0.5, 0.6) is 0 Å². The van der Waals surface area contributed by atoms with Gasteiger partial charge in [0, 0.05) is 18.0 Å². The molecule has 124 valence electrons. The van der Waals surface area contributed by atoms with Gasteiger partial charge < -0.3 is 4.42 Å². The van der Waals surface area contributed by atoms with Crippen LogP contribution in [0, 0.1) is 11.6 Å². The van der Waals surface area contributed by atoms with E-state index in [2.05, 4.69) is 4.98 Å². The predicted octanol–water partition coefficient (Wildman–Crippen LogP) is 2.17. The second-order valence-electron chi connectivity index (χ2n) is 4.97. The summed E-state index contributed by atoms with van der Waals surface area (Å²) >= 11 is 0. The standard InChI is InChI=1S/C15H10F2N2O4S/c1-24(21,22)14-11(16)5-9(6-12(14)17)13-8-23-15(20)19(13)10-3-2-4-18-7-10/h2-8H,1H3. The summed E-state index contributed by atoms with van der Waals surface area (Å²) in [5.74, 6) is -3.27. The van der Waals surface area contributed by atoms with E-state index in [0.717, 1.165) is 23.0 Å². The average Bonchev–Trinajstić information content (AvgIpc) is 2.87. The van der Waals surface area contributed by atoms with Gasteiger partial charge in [-0.3, -0.25) is 4.98 Å². The number of sulfone groups is 1. The van der Waals surface area contributed by atoms with Gasteiger partial charge in [0.15, 0.2) is 9.84 Å². The highest BCUT2D eigenvalue weighted by Crippen LogP contribution is 2.27. The van der Waals surface area contributed by atoms with E-state index in [9.17, 15) is 22.0 Å². The maximum Gasteiger partial charge on any atom is 0.424 e. The van der Waals surface area contributed by atoms with Gasteiger partial charge in [-0.1, -0.05) is 0 Å². The van der Waals surface area contributed by atoms with E-state index in [1.165, 1.54) is 12.4 Å².